The van der Waals surface area contributed by atoms with Crippen LogP contribution in [0.4, 0.5) is 11.4 Å². The number of nitrogen functional groups attached to an aromatic ring is 1. The molecule has 0 spiro atoms. The molecule has 1 amide bonds. The fourth-order valence-corrected chi connectivity index (χ4v) is 3.13. The molecule has 3 nitrogen and oxygen atoms in total. The van der Waals surface area contributed by atoms with Crippen LogP contribution in [0.15, 0.2) is 48.5 Å². The molecular weight excluding hydrogens is 260 g/mol. The van der Waals surface area contributed by atoms with Gasteiger partial charge in [0.05, 0.1) is 17.3 Å². The number of benzene rings is 2. The molecule has 0 aliphatic carbocycles. The van der Waals surface area contributed by atoms with Crippen molar-refractivity contribution in [2.24, 2.45) is 0 Å². The van der Waals surface area contributed by atoms with Gasteiger partial charge in [-0.1, -0.05) is 49.4 Å². The highest BCUT2D eigenvalue weighted by Gasteiger charge is 2.31. The predicted molar refractivity (Wildman–Crippen MR) is 86.4 cm³/mol. The van der Waals surface area contributed by atoms with Gasteiger partial charge >= 0.3 is 0 Å². The Hall–Kier alpha value is -2.29. The molecule has 108 valence electrons. The largest absolute Gasteiger partial charge is 0.397 e. The number of hydrogen-bond donors (Lipinski definition) is 1. The molecule has 1 heterocycles. The lowest BCUT2D eigenvalue weighted by atomic mass is 9.95. The lowest BCUT2D eigenvalue weighted by Gasteiger charge is -2.24. The van der Waals surface area contributed by atoms with E-state index in [1.807, 2.05) is 47.4 Å². The van der Waals surface area contributed by atoms with E-state index in [-0.39, 0.29) is 11.8 Å². The zero-order valence-corrected chi connectivity index (χ0v) is 12.3. The molecule has 21 heavy (non-hydrogen) atoms. The van der Waals surface area contributed by atoms with E-state index in [0.717, 1.165) is 30.6 Å². The lowest BCUT2D eigenvalue weighted by molar-refractivity contribution is -0.120. The summed E-state index contributed by atoms with van der Waals surface area (Å²) < 4.78 is 0. The Labute approximate surface area is 125 Å². The van der Waals surface area contributed by atoms with Crippen molar-refractivity contribution in [3.8, 4) is 0 Å². The van der Waals surface area contributed by atoms with Crippen LogP contribution in [0.2, 0.25) is 0 Å². The molecule has 0 saturated heterocycles. The van der Waals surface area contributed by atoms with Crippen LogP contribution in [-0.2, 0) is 11.2 Å². The van der Waals surface area contributed by atoms with Gasteiger partial charge in [-0.3, -0.25) is 4.79 Å². The second-order valence-corrected chi connectivity index (χ2v) is 5.47. The summed E-state index contributed by atoms with van der Waals surface area (Å²) >= 11 is 0. The standard InChI is InChI=1S/C18H20N2O/c1-2-15(13-7-4-3-5-8-13)18(21)20-12-11-14-9-6-10-16(19)17(14)20/h3-10,15H,2,11-12,19H2,1H3. The van der Waals surface area contributed by atoms with Crippen molar-refractivity contribution < 1.29 is 4.79 Å². The van der Waals surface area contributed by atoms with E-state index in [1.165, 1.54) is 5.56 Å². The van der Waals surface area contributed by atoms with Crippen LogP contribution in [0.3, 0.4) is 0 Å². The van der Waals surface area contributed by atoms with Crippen LogP contribution in [0, 0.1) is 0 Å². The number of anilines is 2. The van der Waals surface area contributed by atoms with Crippen LogP contribution in [0.5, 0.6) is 0 Å². The first-order valence-corrected chi connectivity index (χ1v) is 7.46. The molecule has 2 aromatic carbocycles. The Morgan fingerprint density at radius 2 is 1.95 bits per heavy atom. The average molecular weight is 280 g/mol. The summed E-state index contributed by atoms with van der Waals surface area (Å²) in [6, 6.07) is 15.9. The number of para-hydroxylation sites is 1. The Morgan fingerprint density at radius 1 is 1.19 bits per heavy atom. The second-order valence-electron chi connectivity index (χ2n) is 5.47. The van der Waals surface area contributed by atoms with Gasteiger partial charge in [-0.15, -0.1) is 0 Å². The van der Waals surface area contributed by atoms with Crippen LogP contribution < -0.4 is 10.6 Å². The number of nitrogens with zero attached hydrogens (tertiary/aromatic N) is 1. The normalized spacial score (nSPS) is 14.8. The van der Waals surface area contributed by atoms with Crippen molar-refractivity contribution in [3.63, 3.8) is 0 Å². The van der Waals surface area contributed by atoms with Gasteiger partial charge in [0.25, 0.3) is 0 Å². The van der Waals surface area contributed by atoms with Crippen molar-refractivity contribution in [1.29, 1.82) is 0 Å². The third-order valence-electron chi connectivity index (χ3n) is 4.20. The summed E-state index contributed by atoms with van der Waals surface area (Å²) in [6.45, 7) is 2.78. The molecule has 1 unspecified atom stereocenters. The van der Waals surface area contributed by atoms with Gasteiger partial charge in [-0.05, 0) is 30.0 Å². The van der Waals surface area contributed by atoms with Gasteiger partial charge in [-0.2, -0.15) is 0 Å². The minimum atomic E-state index is -0.100. The average Bonchev–Trinajstić information content (AvgIpc) is 2.94. The number of carbonyl (C=O) groups is 1. The lowest BCUT2D eigenvalue weighted by Crippen LogP contribution is -2.34. The van der Waals surface area contributed by atoms with Gasteiger partial charge < -0.3 is 10.6 Å². The first-order chi connectivity index (χ1) is 10.2. The second kappa shape index (κ2) is 5.60. The van der Waals surface area contributed by atoms with Crippen molar-refractivity contribution in [2.45, 2.75) is 25.7 Å². The van der Waals surface area contributed by atoms with Gasteiger partial charge in [0.2, 0.25) is 5.91 Å². The highest BCUT2D eigenvalue weighted by Crippen LogP contribution is 2.36. The van der Waals surface area contributed by atoms with E-state index in [9.17, 15) is 4.79 Å². The Morgan fingerprint density at radius 3 is 2.67 bits per heavy atom. The Bertz CT molecular complexity index is 652. The van der Waals surface area contributed by atoms with Crippen molar-refractivity contribution in [3.05, 3.63) is 59.7 Å². The van der Waals surface area contributed by atoms with Crippen molar-refractivity contribution in [2.75, 3.05) is 17.2 Å². The topological polar surface area (TPSA) is 46.3 Å². The first kappa shape index (κ1) is 13.7. The molecule has 3 rings (SSSR count). The van der Waals surface area contributed by atoms with E-state index >= 15 is 0 Å². The molecule has 1 atom stereocenters. The van der Waals surface area contributed by atoms with Crippen LogP contribution >= 0.6 is 0 Å². The smallest absolute Gasteiger partial charge is 0.234 e. The first-order valence-electron chi connectivity index (χ1n) is 7.46. The summed E-state index contributed by atoms with van der Waals surface area (Å²) in [4.78, 5) is 14.8. The third kappa shape index (κ3) is 2.40. The molecule has 0 radical (unpaired) electrons. The Kier molecular flexibility index (Phi) is 3.65. The maximum Gasteiger partial charge on any atom is 0.234 e. The summed E-state index contributed by atoms with van der Waals surface area (Å²) in [5.41, 5.74) is 9.95. The van der Waals surface area contributed by atoms with Crippen LogP contribution in [-0.4, -0.2) is 12.5 Å². The molecule has 3 heteroatoms. The van der Waals surface area contributed by atoms with E-state index in [4.69, 9.17) is 5.73 Å². The molecule has 1 aliphatic heterocycles. The summed E-state index contributed by atoms with van der Waals surface area (Å²) in [5, 5.41) is 0. The van der Waals surface area contributed by atoms with E-state index in [0.29, 0.717) is 5.69 Å². The molecule has 2 aromatic rings. The van der Waals surface area contributed by atoms with Crippen molar-refractivity contribution >= 4 is 17.3 Å². The summed E-state index contributed by atoms with van der Waals surface area (Å²) in [5.74, 6) is 0.0529. The minimum Gasteiger partial charge on any atom is -0.397 e. The molecule has 0 aromatic heterocycles. The fourth-order valence-electron chi connectivity index (χ4n) is 3.13. The zero-order valence-electron chi connectivity index (χ0n) is 12.3. The minimum absolute atomic E-state index is 0.100. The zero-order chi connectivity index (χ0) is 14.8. The fraction of sp³-hybridized carbons (Fsp3) is 0.278. The maximum absolute atomic E-state index is 13.0. The van der Waals surface area contributed by atoms with Crippen LogP contribution in [0.25, 0.3) is 0 Å². The van der Waals surface area contributed by atoms with E-state index < -0.39 is 0 Å². The van der Waals surface area contributed by atoms with Gasteiger partial charge in [0.1, 0.15) is 0 Å². The van der Waals surface area contributed by atoms with Gasteiger partial charge in [0.15, 0.2) is 0 Å². The number of rotatable bonds is 3. The highest BCUT2D eigenvalue weighted by molar-refractivity contribution is 6.02. The Balaban J connectivity index is 1.94. The predicted octanol–water partition coefficient (Wildman–Crippen LogP) is 3.35. The number of fused-ring (bicyclic) bond motifs is 1. The number of nitrogens with two attached hydrogens (primary N) is 1. The molecule has 0 bridgehead atoms. The molecule has 0 saturated carbocycles. The molecule has 2 N–H and O–H groups in total. The monoisotopic (exact) mass is 280 g/mol. The molecule has 1 aliphatic rings. The van der Waals surface area contributed by atoms with Crippen LogP contribution in [0.1, 0.15) is 30.4 Å². The highest BCUT2D eigenvalue weighted by atomic mass is 16.2. The third-order valence-corrected chi connectivity index (χ3v) is 4.20. The maximum atomic E-state index is 13.0. The number of amides is 1. The quantitative estimate of drug-likeness (QED) is 0.876. The number of carbonyl (C=O) groups excluding carboxylic acids is 1. The van der Waals surface area contributed by atoms with Gasteiger partial charge in [0, 0.05) is 6.54 Å². The molecule has 0 fully saturated rings. The number of hydrogen-bond acceptors (Lipinski definition) is 2. The molecular formula is C18H20N2O. The van der Waals surface area contributed by atoms with Gasteiger partial charge in [-0.25, -0.2) is 0 Å². The van der Waals surface area contributed by atoms with E-state index in [2.05, 4.69) is 13.0 Å². The van der Waals surface area contributed by atoms with Crippen molar-refractivity contribution in [1.82, 2.24) is 0 Å². The SMILES string of the molecule is CCC(C(=O)N1CCc2cccc(N)c21)c1ccccc1. The van der Waals surface area contributed by atoms with E-state index in [1.54, 1.807) is 0 Å². The summed E-state index contributed by atoms with van der Waals surface area (Å²) in [7, 11) is 0. The summed E-state index contributed by atoms with van der Waals surface area (Å²) in [6.07, 6.45) is 1.68.